The van der Waals surface area contributed by atoms with Crippen molar-refractivity contribution in [3.8, 4) is 0 Å². The number of ether oxygens (including phenoxy) is 2. The van der Waals surface area contributed by atoms with Crippen LogP contribution < -0.4 is 5.32 Å². The zero-order valence-corrected chi connectivity index (χ0v) is 13.6. The normalized spacial score (nSPS) is 10.5. The average Bonchev–Trinajstić information content (AvgIpc) is 3.02. The molecule has 1 heterocycles. The lowest BCUT2D eigenvalue weighted by Crippen LogP contribution is -2.20. The zero-order chi connectivity index (χ0) is 18.2. The average molecular weight is 344 g/mol. The molecule has 0 radical (unpaired) electrons. The number of nitrogens with one attached hydrogen (secondary N) is 1. The van der Waals surface area contributed by atoms with Gasteiger partial charge in [0, 0.05) is 12.1 Å². The number of rotatable bonds is 6. The fraction of sp³-hybridized carbons (Fsp3) is 0.176. The smallest absolute Gasteiger partial charge is 0.337 e. The first-order chi connectivity index (χ1) is 12.0. The molecule has 0 spiro atoms. The number of hydrogen-bond donors (Lipinski definition) is 1. The highest BCUT2D eigenvalue weighted by molar-refractivity contribution is 5.94. The SMILES string of the molecule is COC(=O)c1ccc(C=CC(=O)OCC(=O)Nc2cc(C)on2)cc1. The van der Waals surface area contributed by atoms with Crippen LogP contribution in [-0.4, -0.2) is 36.7 Å². The van der Waals surface area contributed by atoms with Crippen molar-refractivity contribution >= 4 is 29.7 Å². The molecule has 1 N–H and O–H groups in total. The fourth-order valence-corrected chi connectivity index (χ4v) is 1.80. The van der Waals surface area contributed by atoms with Gasteiger partial charge in [0.25, 0.3) is 5.91 Å². The molecule has 130 valence electrons. The summed E-state index contributed by atoms with van der Waals surface area (Å²) in [6, 6.07) is 7.98. The van der Waals surface area contributed by atoms with Gasteiger partial charge in [-0.1, -0.05) is 17.3 Å². The Morgan fingerprint density at radius 2 is 1.96 bits per heavy atom. The lowest BCUT2D eigenvalue weighted by Gasteiger charge is -2.02. The first-order valence-electron chi connectivity index (χ1n) is 7.24. The number of carbonyl (C=O) groups excluding carboxylic acids is 3. The summed E-state index contributed by atoms with van der Waals surface area (Å²) in [4.78, 5) is 34.5. The topological polar surface area (TPSA) is 108 Å². The maximum atomic E-state index is 11.6. The highest BCUT2D eigenvalue weighted by Gasteiger charge is 2.08. The van der Waals surface area contributed by atoms with Crippen molar-refractivity contribution in [3.05, 3.63) is 53.3 Å². The second-order valence-electron chi connectivity index (χ2n) is 4.93. The summed E-state index contributed by atoms with van der Waals surface area (Å²) in [7, 11) is 1.30. The van der Waals surface area contributed by atoms with Gasteiger partial charge in [0.05, 0.1) is 12.7 Å². The van der Waals surface area contributed by atoms with Crippen LogP contribution in [0.3, 0.4) is 0 Å². The minimum Gasteiger partial charge on any atom is -0.465 e. The van der Waals surface area contributed by atoms with E-state index in [-0.39, 0.29) is 5.82 Å². The number of hydrogen-bond acceptors (Lipinski definition) is 7. The molecule has 0 saturated heterocycles. The highest BCUT2D eigenvalue weighted by atomic mass is 16.5. The van der Waals surface area contributed by atoms with Crippen LogP contribution in [0.4, 0.5) is 5.82 Å². The van der Waals surface area contributed by atoms with Crippen LogP contribution in [0.25, 0.3) is 6.08 Å². The van der Waals surface area contributed by atoms with Gasteiger partial charge in [0.2, 0.25) is 0 Å². The van der Waals surface area contributed by atoms with Gasteiger partial charge in [0.1, 0.15) is 5.76 Å². The second kappa shape index (κ2) is 8.44. The molecule has 1 aromatic heterocycles. The summed E-state index contributed by atoms with van der Waals surface area (Å²) >= 11 is 0. The zero-order valence-electron chi connectivity index (χ0n) is 13.6. The van der Waals surface area contributed by atoms with E-state index < -0.39 is 24.5 Å². The van der Waals surface area contributed by atoms with E-state index in [0.29, 0.717) is 16.9 Å². The Morgan fingerprint density at radius 3 is 2.56 bits per heavy atom. The Bertz CT molecular complexity index is 792. The van der Waals surface area contributed by atoms with E-state index in [1.54, 1.807) is 31.2 Å². The molecule has 1 amide bonds. The third kappa shape index (κ3) is 5.61. The molecule has 0 aliphatic heterocycles. The van der Waals surface area contributed by atoms with Gasteiger partial charge in [-0.25, -0.2) is 9.59 Å². The van der Waals surface area contributed by atoms with E-state index in [0.717, 1.165) is 0 Å². The maximum absolute atomic E-state index is 11.6. The summed E-state index contributed by atoms with van der Waals surface area (Å²) in [5.74, 6) is -0.850. The molecule has 8 nitrogen and oxygen atoms in total. The predicted octanol–water partition coefficient (Wildman–Crippen LogP) is 1.96. The maximum Gasteiger partial charge on any atom is 0.337 e. The van der Waals surface area contributed by atoms with E-state index in [1.165, 1.54) is 25.3 Å². The number of aryl methyl sites for hydroxylation is 1. The van der Waals surface area contributed by atoms with E-state index in [9.17, 15) is 14.4 Å². The molecule has 25 heavy (non-hydrogen) atoms. The molecule has 2 aromatic rings. The largest absolute Gasteiger partial charge is 0.465 e. The van der Waals surface area contributed by atoms with Crippen LogP contribution in [0.1, 0.15) is 21.7 Å². The van der Waals surface area contributed by atoms with E-state index in [4.69, 9.17) is 9.26 Å². The number of amides is 1. The van der Waals surface area contributed by atoms with Crippen molar-refractivity contribution in [3.63, 3.8) is 0 Å². The second-order valence-corrected chi connectivity index (χ2v) is 4.93. The van der Waals surface area contributed by atoms with E-state index in [1.807, 2.05) is 0 Å². The summed E-state index contributed by atoms with van der Waals surface area (Å²) in [6.45, 7) is 1.24. The lowest BCUT2D eigenvalue weighted by atomic mass is 10.1. The number of esters is 2. The first kappa shape index (κ1) is 17.9. The molecular weight excluding hydrogens is 328 g/mol. The van der Waals surface area contributed by atoms with Gasteiger partial charge in [-0.2, -0.15) is 0 Å². The lowest BCUT2D eigenvalue weighted by molar-refractivity contribution is -0.142. The van der Waals surface area contributed by atoms with Gasteiger partial charge in [0.15, 0.2) is 12.4 Å². The summed E-state index contributed by atoms with van der Waals surface area (Å²) < 4.78 is 14.2. The molecule has 0 unspecified atom stereocenters. The molecule has 2 rings (SSSR count). The van der Waals surface area contributed by atoms with Crippen LogP contribution in [0.2, 0.25) is 0 Å². The van der Waals surface area contributed by atoms with Crippen LogP contribution >= 0.6 is 0 Å². The van der Waals surface area contributed by atoms with Crippen molar-refractivity contribution in [2.24, 2.45) is 0 Å². The number of anilines is 1. The van der Waals surface area contributed by atoms with Gasteiger partial charge in [-0.05, 0) is 30.7 Å². The van der Waals surface area contributed by atoms with Crippen LogP contribution in [0, 0.1) is 6.92 Å². The Balaban J connectivity index is 1.80. The van der Waals surface area contributed by atoms with Crippen LogP contribution in [0.5, 0.6) is 0 Å². The number of benzene rings is 1. The van der Waals surface area contributed by atoms with Crippen LogP contribution in [0.15, 0.2) is 40.9 Å². The number of aromatic nitrogens is 1. The van der Waals surface area contributed by atoms with Crippen molar-refractivity contribution in [1.29, 1.82) is 0 Å². The molecule has 0 saturated carbocycles. The Morgan fingerprint density at radius 1 is 1.24 bits per heavy atom. The molecular formula is C17H16N2O6. The Hall–Kier alpha value is -3.42. The third-order valence-corrected chi connectivity index (χ3v) is 2.98. The minimum atomic E-state index is -0.677. The minimum absolute atomic E-state index is 0.250. The number of methoxy groups -OCH3 is 1. The van der Waals surface area contributed by atoms with Crippen molar-refractivity contribution in [2.75, 3.05) is 19.0 Å². The molecule has 0 aliphatic rings. The van der Waals surface area contributed by atoms with Gasteiger partial charge >= 0.3 is 11.9 Å². The summed E-state index contributed by atoms with van der Waals surface area (Å²) in [6.07, 6.45) is 2.68. The van der Waals surface area contributed by atoms with Crippen molar-refractivity contribution in [2.45, 2.75) is 6.92 Å². The Labute approximate surface area is 143 Å². The Kier molecular flexibility index (Phi) is 6.05. The fourth-order valence-electron chi connectivity index (χ4n) is 1.80. The van der Waals surface area contributed by atoms with Crippen molar-refractivity contribution in [1.82, 2.24) is 5.16 Å². The van der Waals surface area contributed by atoms with E-state index in [2.05, 4.69) is 15.2 Å². The molecule has 0 bridgehead atoms. The monoisotopic (exact) mass is 344 g/mol. The van der Waals surface area contributed by atoms with Crippen LogP contribution in [-0.2, 0) is 19.1 Å². The summed E-state index contributed by atoms with van der Waals surface area (Å²) in [5, 5.41) is 6.02. The van der Waals surface area contributed by atoms with E-state index >= 15 is 0 Å². The third-order valence-electron chi connectivity index (χ3n) is 2.98. The van der Waals surface area contributed by atoms with Gasteiger partial charge in [-0.3, -0.25) is 4.79 Å². The van der Waals surface area contributed by atoms with Gasteiger partial charge < -0.3 is 19.3 Å². The molecule has 8 heteroatoms. The van der Waals surface area contributed by atoms with Crippen molar-refractivity contribution < 1.29 is 28.4 Å². The molecule has 0 aliphatic carbocycles. The number of nitrogens with zero attached hydrogens (tertiary/aromatic N) is 1. The molecule has 0 fully saturated rings. The first-order valence-corrected chi connectivity index (χ1v) is 7.24. The predicted molar refractivity (Wildman–Crippen MR) is 87.6 cm³/mol. The highest BCUT2D eigenvalue weighted by Crippen LogP contribution is 2.08. The number of carbonyl (C=O) groups is 3. The van der Waals surface area contributed by atoms with Gasteiger partial charge in [-0.15, -0.1) is 0 Å². The standard InChI is InChI=1S/C17H16N2O6/c1-11-9-14(19-25-11)18-15(20)10-24-16(21)8-5-12-3-6-13(7-4-12)17(22)23-2/h3-9H,10H2,1-2H3,(H,18,19,20). The molecule has 0 atom stereocenters. The molecule has 1 aromatic carbocycles. The summed E-state index contributed by atoms with van der Waals surface area (Å²) in [5.41, 5.74) is 1.09. The quantitative estimate of drug-likeness (QED) is 0.630.